The number of hydrogen-bond acceptors (Lipinski definition) is 4. The summed E-state index contributed by atoms with van der Waals surface area (Å²) in [4.78, 5) is 6.46. The van der Waals surface area contributed by atoms with Crippen LogP contribution in [0.4, 0.5) is 5.69 Å². The molecule has 0 radical (unpaired) electrons. The molecule has 0 saturated carbocycles. The maximum atomic E-state index is 10.8. The highest BCUT2D eigenvalue weighted by atomic mass is 35.5. The van der Waals surface area contributed by atoms with E-state index in [0.29, 0.717) is 26.5 Å². The van der Waals surface area contributed by atoms with Crippen LogP contribution in [0.1, 0.15) is 34.7 Å². The van der Waals surface area contributed by atoms with E-state index in [1.165, 1.54) is 0 Å². The molecule has 1 saturated heterocycles. The number of phenolic OH excluding ortho intramolecular Hbond substituents is 2. The van der Waals surface area contributed by atoms with E-state index < -0.39 is 0 Å². The largest absolute Gasteiger partial charge is 0.506 e. The van der Waals surface area contributed by atoms with E-state index >= 15 is 0 Å². The highest BCUT2D eigenvalue weighted by Gasteiger charge is 2.43. The summed E-state index contributed by atoms with van der Waals surface area (Å²) in [6.07, 6.45) is 1.74. The van der Waals surface area contributed by atoms with Gasteiger partial charge in [-0.3, -0.25) is 4.98 Å². The number of phenols is 2. The average molecular weight is 525 g/mol. The molecular formula is C26H22Cl2N4O2S. The Hall–Kier alpha value is -3.26. The zero-order valence-electron chi connectivity index (χ0n) is 18.9. The number of benzene rings is 2. The van der Waals surface area contributed by atoms with Crippen molar-refractivity contribution in [1.82, 2.24) is 14.9 Å². The standard InChI is InChI=1S/C26H22Cl2N4O2S/c1-14-11-18(15(2)31(14)20-12-16(27)6-8-22(20)33)25-24(19-5-3-4-10-29-19)30-26(35)32(25)21-13-17(28)7-9-23(21)34/h3-13,24-25,33-34H,1-2H3,(H,30,35). The number of halogens is 2. The van der Waals surface area contributed by atoms with Crippen LogP contribution in [0.5, 0.6) is 11.5 Å². The first-order chi connectivity index (χ1) is 16.8. The van der Waals surface area contributed by atoms with Gasteiger partial charge in [-0.1, -0.05) is 29.3 Å². The lowest BCUT2D eigenvalue weighted by molar-refractivity contribution is 0.471. The molecule has 2 aromatic heterocycles. The van der Waals surface area contributed by atoms with Gasteiger partial charge in [0.05, 0.1) is 29.2 Å². The second kappa shape index (κ2) is 9.07. The summed E-state index contributed by atoms with van der Waals surface area (Å²) in [5, 5.41) is 26.2. The second-order valence-corrected chi connectivity index (χ2v) is 9.68. The Balaban J connectivity index is 1.73. The first-order valence-electron chi connectivity index (χ1n) is 10.9. The number of rotatable bonds is 4. The highest BCUT2D eigenvalue weighted by molar-refractivity contribution is 7.80. The van der Waals surface area contributed by atoms with Crippen LogP contribution >= 0.6 is 35.4 Å². The van der Waals surface area contributed by atoms with E-state index in [-0.39, 0.29) is 23.6 Å². The van der Waals surface area contributed by atoms with Crippen LogP contribution in [0, 0.1) is 13.8 Å². The molecule has 35 heavy (non-hydrogen) atoms. The van der Waals surface area contributed by atoms with Crippen molar-refractivity contribution in [2.45, 2.75) is 25.9 Å². The molecule has 4 aromatic rings. The molecule has 2 unspecified atom stereocenters. The van der Waals surface area contributed by atoms with Crippen molar-refractivity contribution in [3.8, 4) is 17.2 Å². The molecule has 3 N–H and O–H groups in total. The zero-order valence-corrected chi connectivity index (χ0v) is 21.2. The molecule has 0 bridgehead atoms. The predicted molar refractivity (Wildman–Crippen MR) is 143 cm³/mol. The highest BCUT2D eigenvalue weighted by Crippen LogP contribution is 2.46. The molecule has 6 nitrogen and oxygen atoms in total. The minimum absolute atomic E-state index is 0.0616. The van der Waals surface area contributed by atoms with Crippen molar-refractivity contribution in [3.05, 3.63) is 99.6 Å². The molecule has 3 heterocycles. The molecule has 2 aromatic carbocycles. The summed E-state index contributed by atoms with van der Waals surface area (Å²) >= 11 is 18.3. The topological polar surface area (TPSA) is 73.5 Å². The third-order valence-corrected chi connectivity index (χ3v) is 7.05. The number of anilines is 1. The number of aryl methyl sites for hydroxylation is 1. The normalized spacial score (nSPS) is 17.6. The van der Waals surface area contributed by atoms with Crippen molar-refractivity contribution < 1.29 is 10.2 Å². The van der Waals surface area contributed by atoms with Gasteiger partial charge in [0.1, 0.15) is 11.5 Å². The fourth-order valence-corrected chi connectivity index (χ4v) is 5.42. The summed E-state index contributed by atoms with van der Waals surface area (Å²) < 4.78 is 1.96. The Kier molecular flexibility index (Phi) is 6.09. The average Bonchev–Trinajstić information content (AvgIpc) is 3.33. The number of pyridine rings is 1. The molecule has 0 amide bonds. The van der Waals surface area contributed by atoms with E-state index in [9.17, 15) is 10.2 Å². The Morgan fingerprint density at radius 1 is 0.914 bits per heavy atom. The van der Waals surface area contributed by atoms with Gasteiger partial charge in [-0.05, 0) is 86.2 Å². The van der Waals surface area contributed by atoms with Gasteiger partial charge < -0.3 is 25.0 Å². The fraction of sp³-hybridized carbons (Fsp3) is 0.154. The van der Waals surface area contributed by atoms with E-state index in [1.807, 2.05) is 41.5 Å². The summed E-state index contributed by atoms with van der Waals surface area (Å²) in [5.74, 6) is 0.181. The van der Waals surface area contributed by atoms with Crippen molar-refractivity contribution in [3.63, 3.8) is 0 Å². The molecule has 0 aliphatic carbocycles. The van der Waals surface area contributed by atoms with Crippen molar-refractivity contribution in [2.24, 2.45) is 0 Å². The number of aromatic nitrogens is 2. The second-order valence-electron chi connectivity index (χ2n) is 8.42. The van der Waals surface area contributed by atoms with Gasteiger partial charge in [-0.25, -0.2) is 0 Å². The molecule has 9 heteroatoms. The molecule has 5 rings (SSSR count). The van der Waals surface area contributed by atoms with Crippen LogP contribution in [0.25, 0.3) is 5.69 Å². The lowest BCUT2D eigenvalue weighted by Crippen LogP contribution is -2.29. The van der Waals surface area contributed by atoms with E-state index in [4.69, 9.17) is 35.4 Å². The third-order valence-electron chi connectivity index (χ3n) is 6.26. The first-order valence-corrected chi connectivity index (χ1v) is 12.1. The maximum Gasteiger partial charge on any atom is 0.174 e. The smallest absolute Gasteiger partial charge is 0.174 e. The minimum atomic E-state index is -0.358. The Bertz CT molecular complexity index is 1440. The van der Waals surface area contributed by atoms with Crippen LogP contribution in [0.15, 0.2) is 66.9 Å². The number of nitrogens with zero attached hydrogens (tertiary/aromatic N) is 3. The summed E-state index contributed by atoms with van der Waals surface area (Å²) in [7, 11) is 0. The lowest BCUT2D eigenvalue weighted by Gasteiger charge is -2.28. The van der Waals surface area contributed by atoms with Crippen molar-refractivity contribution >= 4 is 46.2 Å². The van der Waals surface area contributed by atoms with Crippen LogP contribution in [0.2, 0.25) is 10.0 Å². The van der Waals surface area contributed by atoms with Crippen LogP contribution in [-0.2, 0) is 0 Å². The number of nitrogens with one attached hydrogen (secondary N) is 1. The van der Waals surface area contributed by atoms with Gasteiger partial charge in [-0.2, -0.15) is 0 Å². The predicted octanol–water partition coefficient (Wildman–Crippen LogP) is 6.38. The monoisotopic (exact) mass is 524 g/mol. The molecule has 178 valence electrons. The molecule has 0 spiro atoms. The van der Waals surface area contributed by atoms with Gasteiger partial charge in [0.15, 0.2) is 5.11 Å². The maximum absolute atomic E-state index is 10.8. The van der Waals surface area contributed by atoms with Gasteiger partial charge in [0.2, 0.25) is 0 Å². The number of hydrogen-bond donors (Lipinski definition) is 3. The van der Waals surface area contributed by atoms with Crippen molar-refractivity contribution in [1.29, 1.82) is 0 Å². The Labute approximate surface area is 218 Å². The molecule has 2 atom stereocenters. The Morgan fingerprint density at radius 3 is 2.23 bits per heavy atom. The summed E-state index contributed by atoms with van der Waals surface area (Å²) in [6.45, 7) is 3.95. The number of thiocarbonyl (C=S) groups is 1. The first kappa shape index (κ1) is 23.5. The minimum Gasteiger partial charge on any atom is -0.506 e. The summed E-state index contributed by atoms with van der Waals surface area (Å²) in [5.41, 5.74) is 4.63. The fourth-order valence-electron chi connectivity index (χ4n) is 4.75. The lowest BCUT2D eigenvalue weighted by atomic mass is 9.96. The third kappa shape index (κ3) is 4.10. The van der Waals surface area contributed by atoms with E-state index in [0.717, 1.165) is 22.6 Å². The SMILES string of the molecule is Cc1cc(C2C(c3ccccn3)NC(=S)N2c2cc(Cl)ccc2O)c(C)n1-c1cc(Cl)ccc1O. The van der Waals surface area contributed by atoms with Crippen LogP contribution < -0.4 is 10.2 Å². The zero-order chi connectivity index (χ0) is 24.9. The molecule has 1 aliphatic heterocycles. The van der Waals surface area contributed by atoms with Gasteiger partial charge in [-0.15, -0.1) is 0 Å². The molecule has 1 fully saturated rings. The van der Waals surface area contributed by atoms with E-state index in [2.05, 4.69) is 16.4 Å². The Morgan fingerprint density at radius 2 is 1.57 bits per heavy atom. The summed E-state index contributed by atoms with van der Waals surface area (Å²) in [6, 6.07) is 17.0. The van der Waals surface area contributed by atoms with Gasteiger partial charge >= 0.3 is 0 Å². The van der Waals surface area contributed by atoms with Crippen molar-refractivity contribution in [2.75, 3.05) is 4.90 Å². The van der Waals surface area contributed by atoms with E-state index in [1.54, 1.807) is 42.6 Å². The van der Waals surface area contributed by atoms with Gasteiger partial charge in [0.25, 0.3) is 0 Å². The number of aromatic hydroxyl groups is 2. The molecule has 1 aliphatic rings. The van der Waals surface area contributed by atoms with Gasteiger partial charge in [0, 0.05) is 27.6 Å². The van der Waals surface area contributed by atoms with Crippen LogP contribution in [-0.4, -0.2) is 24.9 Å². The quantitative estimate of drug-likeness (QED) is 0.269. The van der Waals surface area contributed by atoms with Crippen LogP contribution in [0.3, 0.4) is 0 Å². The molecular weight excluding hydrogens is 503 g/mol.